The number of hydrogen-bond acceptors (Lipinski definition) is 3. The number of rotatable bonds is 6. The van der Waals surface area contributed by atoms with Crippen molar-refractivity contribution in [2.24, 2.45) is 0 Å². The van der Waals surface area contributed by atoms with Gasteiger partial charge < -0.3 is 5.32 Å². The predicted molar refractivity (Wildman–Crippen MR) is 97.3 cm³/mol. The van der Waals surface area contributed by atoms with E-state index in [9.17, 15) is 4.79 Å². The van der Waals surface area contributed by atoms with E-state index < -0.39 is 0 Å². The van der Waals surface area contributed by atoms with Crippen molar-refractivity contribution in [1.82, 2.24) is 20.5 Å². The third kappa shape index (κ3) is 4.67. The summed E-state index contributed by atoms with van der Waals surface area (Å²) < 4.78 is 0. The van der Waals surface area contributed by atoms with Crippen LogP contribution in [0.4, 0.5) is 0 Å². The van der Waals surface area contributed by atoms with Gasteiger partial charge in [-0.3, -0.25) is 9.89 Å². The summed E-state index contributed by atoms with van der Waals surface area (Å²) in [7, 11) is 0. The second kappa shape index (κ2) is 7.94. The number of amides is 1. The minimum atomic E-state index is -0.0613. The average Bonchev–Trinajstić information content (AvgIpc) is 3.04. The van der Waals surface area contributed by atoms with Gasteiger partial charge in [-0.15, -0.1) is 0 Å². The number of aromatic nitrogens is 3. The van der Waals surface area contributed by atoms with Crippen LogP contribution in [0.3, 0.4) is 0 Å². The van der Waals surface area contributed by atoms with Crippen LogP contribution >= 0.6 is 11.6 Å². The van der Waals surface area contributed by atoms with Crippen LogP contribution in [-0.4, -0.2) is 21.1 Å². The van der Waals surface area contributed by atoms with Crippen LogP contribution in [0.5, 0.6) is 0 Å². The molecule has 3 rings (SSSR count). The molecule has 1 unspecified atom stereocenters. The molecule has 0 saturated carbocycles. The zero-order valence-corrected chi connectivity index (χ0v) is 14.6. The molecular formula is C19H19ClN4O. The Labute approximate surface area is 151 Å². The van der Waals surface area contributed by atoms with Crippen LogP contribution in [0.1, 0.15) is 35.1 Å². The highest BCUT2D eigenvalue weighted by Crippen LogP contribution is 2.29. The third-order valence-corrected chi connectivity index (χ3v) is 4.16. The molecule has 0 aliphatic rings. The van der Waals surface area contributed by atoms with Crippen LogP contribution in [0, 0.1) is 6.92 Å². The largest absolute Gasteiger partial charge is 0.349 e. The molecule has 1 atom stereocenters. The summed E-state index contributed by atoms with van der Waals surface area (Å²) >= 11 is 6.14. The quantitative estimate of drug-likeness (QED) is 0.710. The van der Waals surface area contributed by atoms with E-state index in [0.717, 1.165) is 17.0 Å². The zero-order chi connectivity index (χ0) is 17.6. The third-order valence-electron chi connectivity index (χ3n) is 3.93. The average molecular weight is 355 g/mol. The highest BCUT2D eigenvalue weighted by molar-refractivity contribution is 6.30. The molecule has 25 heavy (non-hydrogen) atoms. The predicted octanol–water partition coefficient (Wildman–Crippen LogP) is 3.60. The van der Waals surface area contributed by atoms with Gasteiger partial charge in [-0.05, 0) is 30.2 Å². The van der Waals surface area contributed by atoms with Crippen LogP contribution in [-0.2, 0) is 11.3 Å². The topological polar surface area (TPSA) is 70.7 Å². The van der Waals surface area contributed by atoms with Crippen LogP contribution in [0.2, 0.25) is 5.02 Å². The Morgan fingerprint density at radius 3 is 2.60 bits per heavy atom. The molecule has 0 spiro atoms. The van der Waals surface area contributed by atoms with Gasteiger partial charge in [0.15, 0.2) is 5.82 Å². The number of H-pyrrole nitrogens is 1. The fourth-order valence-corrected chi connectivity index (χ4v) is 2.94. The molecule has 0 bridgehead atoms. The molecule has 0 fully saturated rings. The van der Waals surface area contributed by atoms with Gasteiger partial charge in [0.05, 0.1) is 6.54 Å². The Morgan fingerprint density at radius 1 is 1.16 bits per heavy atom. The second-order valence-electron chi connectivity index (χ2n) is 5.84. The van der Waals surface area contributed by atoms with E-state index in [2.05, 4.69) is 20.5 Å². The van der Waals surface area contributed by atoms with E-state index in [1.807, 2.05) is 61.5 Å². The Hall–Kier alpha value is -2.66. The number of nitrogens with one attached hydrogen (secondary N) is 2. The fourth-order valence-electron chi connectivity index (χ4n) is 2.74. The number of hydrogen-bond donors (Lipinski definition) is 2. The first kappa shape index (κ1) is 17.2. The molecule has 3 aromatic rings. The second-order valence-corrected chi connectivity index (χ2v) is 6.27. The minimum absolute atomic E-state index is 0.0590. The van der Waals surface area contributed by atoms with Gasteiger partial charge in [0.2, 0.25) is 5.91 Å². The van der Waals surface area contributed by atoms with E-state index in [0.29, 0.717) is 23.8 Å². The lowest BCUT2D eigenvalue weighted by Gasteiger charge is -2.18. The van der Waals surface area contributed by atoms with Crippen molar-refractivity contribution in [3.05, 3.63) is 82.4 Å². The number of aromatic amines is 1. The highest BCUT2D eigenvalue weighted by Gasteiger charge is 2.18. The van der Waals surface area contributed by atoms with Crippen LogP contribution < -0.4 is 5.32 Å². The summed E-state index contributed by atoms with van der Waals surface area (Å²) in [5.41, 5.74) is 2.09. The molecule has 0 aliphatic carbocycles. The molecule has 6 heteroatoms. The molecule has 128 valence electrons. The minimum Gasteiger partial charge on any atom is -0.349 e. The number of halogens is 1. The van der Waals surface area contributed by atoms with Gasteiger partial charge in [-0.1, -0.05) is 54.1 Å². The van der Waals surface area contributed by atoms with Crippen molar-refractivity contribution in [2.45, 2.75) is 25.8 Å². The molecule has 5 nitrogen and oxygen atoms in total. The highest BCUT2D eigenvalue weighted by atomic mass is 35.5. The monoisotopic (exact) mass is 354 g/mol. The van der Waals surface area contributed by atoms with E-state index in [1.54, 1.807) is 0 Å². The molecule has 0 saturated heterocycles. The number of aryl methyl sites for hydroxylation is 1. The van der Waals surface area contributed by atoms with Gasteiger partial charge in [-0.25, -0.2) is 4.98 Å². The molecule has 2 aromatic carbocycles. The maximum Gasteiger partial charge on any atom is 0.221 e. The van der Waals surface area contributed by atoms with Crippen molar-refractivity contribution < 1.29 is 4.79 Å². The lowest BCUT2D eigenvalue weighted by atomic mass is 9.88. The summed E-state index contributed by atoms with van der Waals surface area (Å²) in [5, 5.41) is 10.3. The molecule has 1 amide bonds. The first-order valence-electron chi connectivity index (χ1n) is 8.07. The summed E-state index contributed by atoms with van der Waals surface area (Å²) in [6.07, 6.45) is 0.327. The summed E-state index contributed by atoms with van der Waals surface area (Å²) in [5.74, 6) is 1.18. The maximum absolute atomic E-state index is 12.5. The number of carbonyl (C=O) groups is 1. The van der Waals surface area contributed by atoms with Crippen LogP contribution in [0.15, 0.2) is 54.6 Å². The molecule has 1 aromatic heterocycles. The molecule has 0 radical (unpaired) electrons. The molecule has 2 N–H and O–H groups in total. The van der Waals surface area contributed by atoms with Gasteiger partial charge in [0, 0.05) is 17.4 Å². The fraction of sp³-hybridized carbons (Fsp3) is 0.211. The SMILES string of the molecule is Cc1nc(CNC(=O)CC(c2ccccc2)c2cccc(Cl)c2)n[nH]1. The Kier molecular flexibility index (Phi) is 5.46. The first-order chi connectivity index (χ1) is 12.1. The van der Waals surface area contributed by atoms with Crippen molar-refractivity contribution >= 4 is 17.5 Å². The Bertz CT molecular complexity index is 847. The van der Waals surface area contributed by atoms with Gasteiger partial charge in [0.25, 0.3) is 0 Å². The Balaban J connectivity index is 1.74. The molecule has 0 aliphatic heterocycles. The smallest absolute Gasteiger partial charge is 0.221 e. The zero-order valence-electron chi connectivity index (χ0n) is 13.9. The van der Waals surface area contributed by atoms with E-state index in [-0.39, 0.29) is 11.8 Å². The van der Waals surface area contributed by atoms with Crippen molar-refractivity contribution in [2.75, 3.05) is 0 Å². The van der Waals surface area contributed by atoms with E-state index in [4.69, 9.17) is 11.6 Å². The maximum atomic E-state index is 12.5. The van der Waals surface area contributed by atoms with E-state index in [1.165, 1.54) is 0 Å². The van der Waals surface area contributed by atoms with E-state index >= 15 is 0 Å². The van der Waals surface area contributed by atoms with Gasteiger partial charge in [0.1, 0.15) is 5.82 Å². The summed E-state index contributed by atoms with van der Waals surface area (Å²) in [6, 6.07) is 17.6. The van der Waals surface area contributed by atoms with Crippen molar-refractivity contribution in [1.29, 1.82) is 0 Å². The number of carbonyl (C=O) groups excluding carboxylic acids is 1. The summed E-state index contributed by atoms with van der Waals surface area (Å²) in [4.78, 5) is 16.6. The lowest BCUT2D eigenvalue weighted by molar-refractivity contribution is -0.121. The van der Waals surface area contributed by atoms with Crippen molar-refractivity contribution in [3.63, 3.8) is 0 Å². The number of benzene rings is 2. The lowest BCUT2D eigenvalue weighted by Crippen LogP contribution is -2.25. The number of nitrogens with zero attached hydrogens (tertiary/aromatic N) is 2. The Morgan fingerprint density at radius 2 is 1.92 bits per heavy atom. The first-order valence-corrected chi connectivity index (χ1v) is 8.44. The standard InChI is InChI=1S/C19H19ClN4O/c1-13-22-18(24-23-13)12-21-19(25)11-17(14-6-3-2-4-7-14)15-8-5-9-16(20)10-15/h2-10,17H,11-12H2,1H3,(H,21,25)(H,22,23,24). The summed E-state index contributed by atoms with van der Waals surface area (Å²) in [6.45, 7) is 2.13. The molecule has 1 heterocycles. The normalized spacial score (nSPS) is 11.9. The van der Waals surface area contributed by atoms with Gasteiger partial charge >= 0.3 is 0 Å². The van der Waals surface area contributed by atoms with Gasteiger partial charge in [-0.2, -0.15) is 5.10 Å². The van der Waals surface area contributed by atoms with Crippen LogP contribution in [0.25, 0.3) is 0 Å². The van der Waals surface area contributed by atoms with Crippen molar-refractivity contribution in [3.8, 4) is 0 Å². The molecular weight excluding hydrogens is 336 g/mol.